The molecule has 9 nitrogen and oxygen atoms in total. The van der Waals surface area contributed by atoms with Gasteiger partial charge in [-0.3, -0.25) is 14.9 Å². The number of rotatable bonds is 6. The van der Waals surface area contributed by atoms with Crippen molar-refractivity contribution >= 4 is 17.4 Å². The second kappa shape index (κ2) is 8.36. The Bertz CT molecular complexity index is 1190. The maximum absolute atomic E-state index is 13.1. The molecule has 1 aromatic heterocycles. The molecule has 0 N–H and O–H groups in total. The van der Waals surface area contributed by atoms with Crippen LogP contribution in [0.3, 0.4) is 0 Å². The lowest BCUT2D eigenvalue weighted by Gasteiger charge is -2.07. The van der Waals surface area contributed by atoms with Crippen molar-refractivity contribution in [3.63, 3.8) is 0 Å². The highest BCUT2D eigenvalue weighted by Crippen LogP contribution is 2.26. The molecule has 0 saturated carbocycles. The van der Waals surface area contributed by atoms with Crippen molar-refractivity contribution in [1.29, 1.82) is 5.26 Å². The van der Waals surface area contributed by atoms with Gasteiger partial charge in [0, 0.05) is 17.7 Å². The predicted molar refractivity (Wildman–Crippen MR) is 106 cm³/mol. The molecule has 0 amide bonds. The number of nitriles is 1. The zero-order chi connectivity index (χ0) is 21.8. The predicted octanol–water partition coefficient (Wildman–Crippen LogP) is 3.37. The quantitative estimate of drug-likeness (QED) is 0.267. The van der Waals surface area contributed by atoms with E-state index >= 15 is 0 Å². The number of hydrogen-bond acceptors (Lipinski definition) is 7. The zero-order valence-corrected chi connectivity index (χ0v) is 16.2. The molecular formula is C21H16N4O5. The van der Waals surface area contributed by atoms with Crippen molar-refractivity contribution in [3.05, 3.63) is 86.7 Å². The molecule has 0 unspecified atom stereocenters. The minimum atomic E-state index is -0.779. The molecule has 0 aliphatic rings. The number of nitro benzene ring substituents is 1. The van der Waals surface area contributed by atoms with Crippen molar-refractivity contribution in [2.45, 2.75) is 13.8 Å². The molecule has 0 aliphatic carbocycles. The second-order valence-electron chi connectivity index (χ2n) is 6.21. The van der Waals surface area contributed by atoms with Crippen molar-refractivity contribution < 1.29 is 19.2 Å². The van der Waals surface area contributed by atoms with Gasteiger partial charge in [0.1, 0.15) is 6.07 Å². The minimum Gasteiger partial charge on any atom is -0.461 e. The highest BCUT2D eigenvalue weighted by molar-refractivity contribution is 6.14. The number of esters is 1. The Labute approximate surface area is 171 Å². The molecule has 0 radical (unpaired) electrons. The lowest BCUT2D eigenvalue weighted by molar-refractivity contribution is -0.384. The Morgan fingerprint density at radius 1 is 1.23 bits per heavy atom. The van der Waals surface area contributed by atoms with E-state index in [0.29, 0.717) is 11.3 Å². The number of ketones is 1. The summed E-state index contributed by atoms with van der Waals surface area (Å²) in [7, 11) is 0. The number of nitrogens with zero attached hydrogens (tertiary/aromatic N) is 4. The van der Waals surface area contributed by atoms with Crippen LogP contribution >= 0.6 is 0 Å². The van der Waals surface area contributed by atoms with E-state index < -0.39 is 16.7 Å². The number of nitro groups is 1. The third-order valence-electron chi connectivity index (χ3n) is 4.39. The number of carbonyl (C=O) groups excluding carboxylic acids is 2. The van der Waals surface area contributed by atoms with E-state index in [0.717, 1.165) is 6.07 Å². The molecule has 150 valence electrons. The van der Waals surface area contributed by atoms with E-state index in [1.165, 1.54) is 16.8 Å². The molecule has 0 bridgehead atoms. The molecule has 0 fully saturated rings. The lowest BCUT2D eigenvalue weighted by Crippen LogP contribution is -2.12. The van der Waals surface area contributed by atoms with Gasteiger partial charge in [-0.2, -0.15) is 10.4 Å². The zero-order valence-electron chi connectivity index (χ0n) is 16.2. The Morgan fingerprint density at radius 2 is 1.93 bits per heavy atom. The third-order valence-corrected chi connectivity index (χ3v) is 4.39. The van der Waals surface area contributed by atoms with Gasteiger partial charge >= 0.3 is 5.97 Å². The maximum atomic E-state index is 13.1. The van der Waals surface area contributed by atoms with Gasteiger partial charge in [0.2, 0.25) is 0 Å². The number of ether oxygens (including phenoxy) is 1. The fraction of sp³-hybridized carbons (Fsp3) is 0.143. The molecule has 2 aromatic carbocycles. The van der Waals surface area contributed by atoms with Gasteiger partial charge in [0.15, 0.2) is 11.5 Å². The number of carbonyl (C=O) groups is 2. The number of benzene rings is 2. The van der Waals surface area contributed by atoms with Crippen molar-refractivity contribution in [2.75, 3.05) is 6.61 Å². The maximum Gasteiger partial charge on any atom is 0.359 e. The van der Waals surface area contributed by atoms with Crippen LogP contribution in [0.15, 0.2) is 48.5 Å². The van der Waals surface area contributed by atoms with E-state index in [1.807, 2.05) is 6.07 Å². The van der Waals surface area contributed by atoms with Gasteiger partial charge in [-0.1, -0.05) is 30.3 Å². The number of non-ortho nitro benzene ring substituents is 1. The van der Waals surface area contributed by atoms with Gasteiger partial charge in [0.05, 0.1) is 34.0 Å². The van der Waals surface area contributed by atoms with Crippen molar-refractivity contribution in [3.8, 4) is 11.8 Å². The van der Waals surface area contributed by atoms with Crippen LogP contribution in [0.2, 0.25) is 0 Å². The summed E-state index contributed by atoms with van der Waals surface area (Å²) in [6, 6.07) is 14.0. The van der Waals surface area contributed by atoms with Gasteiger partial charge in [-0.25, -0.2) is 9.48 Å². The molecule has 0 atom stereocenters. The highest BCUT2D eigenvalue weighted by Gasteiger charge is 2.29. The Kier molecular flexibility index (Phi) is 5.69. The van der Waals surface area contributed by atoms with Crippen LogP contribution in [0.25, 0.3) is 5.69 Å². The first-order valence-electron chi connectivity index (χ1n) is 8.94. The topological polar surface area (TPSA) is 128 Å². The molecule has 30 heavy (non-hydrogen) atoms. The first-order chi connectivity index (χ1) is 14.4. The number of hydrogen-bond donors (Lipinski definition) is 0. The summed E-state index contributed by atoms with van der Waals surface area (Å²) >= 11 is 0. The summed E-state index contributed by atoms with van der Waals surface area (Å²) < 4.78 is 6.30. The number of aromatic nitrogens is 2. The minimum absolute atomic E-state index is 0.0241. The summed E-state index contributed by atoms with van der Waals surface area (Å²) in [6.07, 6.45) is 0. The van der Waals surface area contributed by atoms with Crippen LogP contribution in [0.1, 0.15) is 44.6 Å². The SMILES string of the molecule is CCOC(=O)c1nn(-c2ccc([N+](=O)[O-])cc2C#N)c(C)c1C(=O)c1ccccc1. The average molecular weight is 404 g/mol. The molecule has 0 aliphatic heterocycles. The van der Waals surface area contributed by atoms with Crippen LogP contribution in [-0.2, 0) is 4.74 Å². The third kappa shape index (κ3) is 3.66. The Balaban J connectivity index is 2.23. The molecule has 0 spiro atoms. The highest BCUT2D eigenvalue weighted by atomic mass is 16.6. The van der Waals surface area contributed by atoms with Crippen LogP contribution in [0, 0.1) is 28.4 Å². The van der Waals surface area contributed by atoms with Crippen molar-refractivity contribution in [1.82, 2.24) is 9.78 Å². The van der Waals surface area contributed by atoms with Crippen molar-refractivity contribution in [2.24, 2.45) is 0 Å². The Morgan fingerprint density at radius 3 is 2.53 bits per heavy atom. The lowest BCUT2D eigenvalue weighted by atomic mass is 10.0. The first kappa shape index (κ1) is 20.4. The van der Waals surface area contributed by atoms with Gasteiger partial charge < -0.3 is 4.74 Å². The molecule has 0 saturated heterocycles. The second-order valence-corrected chi connectivity index (χ2v) is 6.21. The average Bonchev–Trinajstić information content (AvgIpc) is 3.10. The molecular weight excluding hydrogens is 388 g/mol. The van der Waals surface area contributed by atoms with Gasteiger partial charge in [0.25, 0.3) is 5.69 Å². The van der Waals surface area contributed by atoms with E-state index in [2.05, 4.69) is 5.10 Å². The fourth-order valence-electron chi connectivity index (χ4n) is 3.00. The van der Waals surface area contributed by atoms with E-state index in [1.54, 1.807) is 44.2 Å². The van der Waals surface area contributed by atoms with Crippen LogP contribution in [0.4, 0.5) is 5.69 Å². The van der Waals surface area contributed by atoms with Gasteiger partial charge in [-0.15, -0.1) is 0 Å². The van der Waals surface area contributed by atoms with Gasteiger partial charge in [-0.05, 0) is 19.9 Å². The van der Waals surface area contributed by atoms with E-state index in [-0.39, 0.29) is 34.8 Å². The monoisotopic (exact) mass is 404 g/mol. The Hall–Kier alpha value is -4.32. The van der Waals surface area contributed by atoms with Crippen LogP contribution < -0.4 is 0 Å². The summed E-state index contributed by atoms with van der Waals surface area (Å²) in [5.74, 6) is -1.21. The summed E-state index contributed by atoms with van der Waals surface area (Å²) in [6.45, 7) is 3.30. The van der Waals surface area contributed by atoms with Crippen LogP contribution in [-0.4, -0.2) is 33.1 Å². The first-order valence-corrected chi connectivity index (χ1v) is 8.94. The smallest absolute Gasteiger partial charge is 0.359 e. The largest absolute Gasteiger partial charge is 0.461 e. The molecule has 9 heteroatoms. The summed E-state index contributed by atoms with van der Waals surface area (Å²) in [5.41, 5.74) is 0.438. The fourth-order valence-corrected chi connectivity index (χ4v) is 3.00. The molecule has 1 heterocycles. The normalized spacial score (nSPS) is 10.3. The van der Waals surface area contributed by atoms with E-state index in [4.69, 9.17) is 4.74 Å². The molecule has 3 aromatic rings. The van der Waals surface area contributed by atoms with Crippen LogP contribution in [0.5, 0.6) is 0 Å². The van der Waals surface area contributed by atoms with E-state index in [9.17, 15) is 25.0 Å². The standard InChI is InChI=1S/C21H16N4O5/c1-3-30-21(27)19-18(20(26)14-7-5-4-6-8-14)13(2)24(23-19)17-10-9-16(25(28)29)11-15(17)12-22/h4-11H,3H2,1-2H3. The summed E-state index contributed by atoms with van der Waals surface area (Å²) in [4.78, 5) is 36.0. The molecule has 3 rings (SSSR count). The summed E-state index contributed by atoms with van der Waals surface area (Å²) in [5, 5.41) is 24.7.